The summed E-state index contributed by atoms with van der Waals surface area (Å²) in [6.07, 6.45) is 0. The number of urea groups is 1. The van der Waals surface area contributed by atoms with Gasteiger partial charge in [-0.2, -0.15) is 0 Å². The minimum atomic E-state index is -0.625. The molecule has 0 radical (unpaired) electrons. The number of amides is 2. The van der Waals surface area contributed by atoms with Crippen molar-refractivity contribution in [3.8, 4) is 0 Å². The van der Waals surface area contributed by atoms with E-state index in [1.54, 1.807) is 25.1 Å². The summed E-state index contributed by atoms with van der Waals surface area (Å²) in [5, 5.41) is 6.25. The summed E-state index contributed by atoms with van der Waals surface area (Å²) in [5.74, 6) is -0.441. The molecule has 2 aliphatic heterocycles. The van der Waals surface area contributed by atoms with E-state index in [0.29, 0.717) is 22.8 Å². The van der Waals surface area contributed by atoms with Crippen molar-refractivity contribution in [2.24, 2.45) is 0 Å². The molecule has 0 saturated carbocycles. The van der Waals surface area contributed by atoms with Crippen molar-refractivity contribution in [2.45, 2.75) is 19.9 Å². The Morgan fingerprint density at radius 3 is 2.52 bits per heavy atom. The van der Waals surface area contributed by atoms with Crippen LogP contribution in [-0.2, 0) is 9.53 Å². The van der Waals surface area contributed by atoms with Gasteiger partial charge in [0.1, 0.15) is 0 Å². The molecule has 33 heavy (non-hydrogen) atoms. The number of carbonyl (C=O) groups is 2. The van der Waals surface area contributed by atoms with Gasteiger partial charge in [-0.3, -0.25) is 4.90 Å². The Morgan fingerprint density at radius 2 is 1.85 bits per heavy atom. The summed E-state index contributed by atoms with van der Waals surface area (Å²) in [6.45, 7) is 7.94. The molecular formula is C25H29ClN4O3. The zero-order chi connectivity index (χ0) is 23.4. The van der Waals surface area contributed by atoms with Crippen LogP contribution in [0.2, 0.25) is 5.02 Å². The van der Waals surface area contributed by atoms with E-state index in [4.69, 9.17) is 16.3 Å². The third-order valence-corrected chi connectivity index (χ3v) is 6.22. The normalized spacial score (nSPS) is 19.2. The molecule has 1 atom stereocenters. The molecule has 0 aliphatic carbocycles. The molecule has 1 fully saturated rings. The SMILES string of the molecule is CCOC(=O)C1=C(CN2CCN(c3ccc(C)cc3)CC2)NC(=O)N[C@H]1c1cccc(Cl)c1. The van der Waals surface area contributed by atoms with Gasteiger partial charge in [0.25, 0.3) is 0 Å². The minimum absolute atomic E-state index is 0.251. The van der Waals surface area contributed by atoms with Gasteiger partial charge in [-0.05, 0) is 43.7 Å². The average Bonchev–Trinajstić information content (AvgIpc) is 2.80. The number of piperazine rings is 1. The lowest BCUT2D eigenvalue weighted by molar-refractivity contribution is -0.139. The van der Waals surface area contributed by atoms with Crippen LogP contribution in [0, 0.1) is 6.92 Å². The fraction of sp³-hybridized carbons (Fsp3) is 0.360. The number of ether oxygens (including phenoxy) is 1. The summed E-state index contributed by atoms with van der Waals surface area (Å²) < 4.78 is 5.35. The molecule has 2 heterocycles. The number of benzene rings is 2. The van der Waals surface area contributed by atoms with E-state index < -0.39 is 12.0 Å². The second-order valence-electron chi connectivity index (χ2n) is 8.30. The van der Waals surface area contributed by atoms with Gasteiger partial charge in [-0.1, -0.05) is 41.4 Å². The van der Waals surface area contributed by atoms with Crippen LogP contribution >= 0.6 is 11.6 Å². The predicted octanol–water partition coefficient (Wildman–Crippen LogP) is 3.64. The van der Waals surface area contributed by atoms with Crippen LogP contribution in [0.15, 0.2) is 59.8 Å². The maximum absolute atomic E-state index is 13.0. The van der Waals surface area contributed by atoms with Gasteiger partial charge in [-0.25, -0.2) is 9.59 Å². The number of hydrogen-bond acceptors (Lipinski definition) is 5. The molecule has 4 rings (SSSR count). The van der Waals surface area contributed by atoms with E-state index >= 15 is 0 Å². The van der Waals surface area contributed by atoms with Crippen molar-refractivity contribution >= 4 is 29.3 Å². The van der Waals surface area contributed by atoms with Crippen LogP contribution in [0.3, 0.4) is 0 Å². The molecule has 0 bridgehead atoms. The highest BCUT2D eigenvalue weighted by Gasteiger charge is 2.34. The maximum atomic E-state index is 13.0. The van der Waals surface area contributed by atoms with E-state index in [-0.39, 0.29) is 12.6 Å². The highest BCUT2D eigenvalue weighted by atomic mass is 35.5. The highest BCUT2D eigenvalue weighted by Crippen LogP contribution is 2.30. The average molecular weight is 469 g/mol. The standard InChI is InChI=1S/C25H29ClN4O3/c1-3-33-24(31)22-21(27-25(32)28-23(22)18-5-4-6-19(26)15-18)16-29-11-13-30(14-12-29)20-9-7-17(2)8-10-20/h4-10,15,23H,3,11-14,16H2,1-2H3,(H2,27,28,32)/t23-/m0/s1. The summed E-state index contributed by atoms with van der Waals surface area (Å²) in [5.41, 5.74) is 4.18. The van der Waals surface area contributed by atoms with Crippen molar-refractivity contribution in [3.63, 3.8) is 0 Å². The molecule has 0 spiro atoms. The van der Waals surface area contributed by atoms with Crippen molar-refractivity contribution in [1.82, 2.24) is 15.5 Å². The summed E-state index contributed by atoms with van der Waals surface area (Å²) in [4.78, 5) is 30.1. The van der Waals surface area contributed by atoms with Crippen LogP contribution in [-0.4, -0.2) is 56.2 Å². The van der Waals surface area contributed by atoms with Gasteiger partial charge in [0.15, 0.2) is 0 Å². The summed E-state index contributed by atoms with van der Waals surface area (Å²) in [6, 6.07) is 14.7. The van der Waals surface area contributed by atoms with Gasteiger partial charge >= 0.3 is 12.0 Å². The summed E-state index contributed by atoms with van der Waals surface area (Å²) in [7, 11) is 0. The van der Waals surface area contributed by atoms with Crippen LogP contribution in [0.4, 0.5) is 10.5 Å². The second kappa shape index (κ2) is 10.3. The first-order chi connectivity index (χ1) is 15.9. The molecule has 2 aliphatic rings. The highest BCUT2D eigenvalue weighted by molar-refractivity contribution is 6.30. The largest absolute Gasteiger partial charge is 0.463 e. The van der Waals surface area contributed by atoms with E-state index in [1.807, 2.05) is 6.07 Å². The molecule has 0 aromatic heterocycles. The van der Waals surface area contributed by atoms with Gasteiger partial charge in [0.2, 0.25) is 0 Å². The molecule has 2 aromatic rings. The molecule has 0 unspecified atom stereocenters. The van der Waals surface area contributed by atoms with E-state index in [2.05, 4.69) is 51.6 Å². The van der Waals surface area contributed by atoms with Crippen molar-refractivity contribution in [3.05, 3.63) is 76.0 Å². The number of rotatable bonds is 6. The molecule has 7 nitrogen and oxygen atoms in total. The number of esters is 1. The second-order valence-corrected chi connectivity index (χ2v) is 8.73. The predicted molar refractivity (Wildman–Crippen MR) is 129 cm³/mol. The number of halogens is 1. The Morgan fingerprint density at radius 1 is 1.12 bits per heavy atom. The molecule has 174 valence electrons. The Labute approximate surface area is 199 Å². The van der Waals surface area contributed by atoms with E-state index in [9.17, 15) is 9.59 Å². The minimum Gasteiger partial charge on any atom is -0.463 e. The Bertz CT molecular complexity index is 1050. The molecule has 2 N–H and O–H groups in total. The molecule has 2 amide bonds. The van der Waals surface area contributed by atoms with Crippen molar-refractivity contribution < 1.29 is 14.3 Å². The van der Waals surface area contributed by atoms with Gasteiger partial charge < -0.3 is 20.3 Å². The molecule has 2 aromatic carbocycles. The lowest BCUT2D eigenvalue weighted by atomic mass is 9.95. The monoisotopic (exact) mass is 468 g/mol. The van der Waals surface area contributed by atoms with Crippen LogP contribution in [0.5, 0.6) is 0 Å². The first-order valence-electron chi connectivity index (χ1n) is 11.2. The zero-order valence-corrected chi connectivity index (χ0v) is 19.7. The first-order valence-corrected chi connectivity index (χ1v) is 11.6. The van der Waals surface area contributed by atoms with Gasteiger partial charge in [0, 0.05) is 49.1 Å². The van der Waals surface area contributed by atoms with E-state index in [0.717, 1.165) is 31.7 Å². The number of anilines is 1. The quantitative estimate of drug-likeness (QED) is 0.633. The Balaban J connectivity index is 1.55. The third-order valence-electron chi connectivity index (χ3n) is 5.98. The van der Waals surface area contributed by atoms with Crippen LogP contribution in [0.25, 0.3) is 0 Å². The topological polar surface area (TPSA) is 73.9 Å². The summed E-state index contributed by atoms with van der Waals surface area (Å²) >= 11 is 6.18. The lowest BCUT2D eigenvalue weighted by Crippen LogP contribution is -2.51. The Hall–Kier alpha value is -3.03. The van der Waals surface area contributed by atoms with Gasteiger partial charge in [0.05, 0.1) is 18.2 Å². The number of nitrogens with one attached hydrogen (secondary N) is 2. The molecular weight excluding hydrogens is 440 g/mol. The van der Waals surface area contributed by atoms with Crippen LogP contribution in [0.1, 0.15) is 24.1 Å². The van der Waals surface area contributed by atoms with Crippen molar-refractivity contribution in [1.29, 1.82) is 0 Å². The molecule has 1 saturated heterocycles. The molecule has 8 heteroatoms. The van der Waals surface area contributed by atoms with E-state index in [1.165, 1.54) is 11.3 Å². The van der Waals surface area contributed by atoms with Gasteiger partial charge in [-0.15, -0.1) is 0 Å². The first kappa shape index (κ1) is 23.1. The zero-order valence-electron chi connectivity index (χ0n) is 18.9. The third kappa shape index (κ3) is 5.49. The lowest BCUT2D eigenvalue weighted by Gasteiger charge is -2.38. The van der Waals surface area contributed by atoms with Crippen molar-refractivity contribution in [2.75, 3.05) is 44.2 Å². The fourth-order valence-electron chi connectivity index (χ4n) is 4.27. The fourth-order valence-corrected chi connectivity index (χ4v) is 4.47. The smallest absolute Gasteiger partial charge is 0.338 e. The Kier molecular flexibility index (Phi) is 7.20. The number of hydrogen-bond donors (Lipinski definition) is 2. The number of aryl methyl sites for hydroxylation is 1. The maximum Gasteiger partial charge on any atom is 0.338 e. The number of nitrogens with zero attached hydrogens (tertiary/aromatic N) is 2. The van der Waals surface area contributed by atoms with Crippen LogP contribution < -0.4 is 15.5 Å². The number of carbonyl (C=O) groups excluding carboxylic acids is 2.